The SMILES string of the molecule is Cc1ccc(CN(C)C(=O)c2ccc(O)cc2C)cc1. The van der Waals surface area contributed by atoms with Crippen LogP contribution in [0.3, 0.4) is 0 Å². The average Bonchev–Trinajstić information content (AvgIpc) is 2.40. The number of phenols is 1. The van der Waals surface area contributed by atoms with Gasteiger partial charge in [0.25, 0.3) is 5.91 Å². The van der Waals surface area contributed by atoms with Gasteiger partial charge in [-0.05, 0) is 43.2 Å². The highest BCUT2D eigenvalue weighted by Gasteiger charge is 2.14. The number of phenolic OH excluding ortho intramolecular Hbond substituents is 1. The number of nitrogens with zero attached hydrogens (tertiary/aromatic N) is 1. The van der Waals surface area contributed by atoms with Crippen LogP contribution in [0.15, 0.2) is 42.5 Å². The summed E-state index contributed by atoms with van der Waals surface area (Å²) < 4.78 is 0. The third-order valence-electron chi connectivity index (χ3n) is 3.33. The van der Waals surface area contributed by atoms with Gasteiger partial charge in [-0.2, -0.15) is 0 Å². The van der Waals surface area contributed by atoms with Crippen molar-refractivity contribution in [3.63, 3.8) is 0 Å². The van der Waals surface area contributed by atoms with Crippen LogP contribution in [-0.2, 0) is 6.54 Å². The second-order valence-electron chi connectivity index (χ2n) is 5.15. The van der Waals surface area contributed by atoms with Gasteiger partial charge in [-0.15, -0.1) is 0 Å². The molecular formula is C17H19NO2. The van der Waals surface area contributed by atoms with Crippen LogP contribution in [0.25, 0.3) is 0 Å². The fraction of sp³-hybridized carbons (Fsp3) is 0.235. The van der Waals surface area contributed by atoms with Gasteiger partial charge in [0.15, 0.2) is 0 Å². The van der Waals surface area contributed by atoms with Crippen molar-refractivity contribution in [2.24, 2.45) is 0 Å². The summed E-state index contributed by atoms with van der Waals surface area (Å²) in [5.74, 6) is 0.142. The first-order valence-corrected chi connectivity index (χ1v) is 6.58. The van der Waals surface area contributed by atoms with E-state index in [1.54, 1.807) is 30.1 Å². The molecule has 0 spiro atoms. The van der Waals surface area contributed by atoms with Gasteiger partial charge in [0, 0.05) is 19.2 Å². The monoisotopic (exact) mass is 269 g/mol. The molecule has 0 saturated carbocycles. The van der Waals surface area contributed by atoms with E-state index < -0.39 is 0 Å². The van der Waals surface area contributed by atoms with Crippen molar-refractivity contribution in [1.29, 1.82) is 0 Å². The Labute approximate surface area is 119 Å². The van der Waals surface area contributed by atoms with Gasteiger partial charge in [0.05, 0.1) is 0 Å². The lowest BCUT2D eigenvalue weighted by molar-refractivity contribution is 0.0784. The Morgan fingerprint density at radius 3 is 2.35 bits per heavy atom. The quantitative estimate of drug-likeness (QED) is 0.929. The molecule has 0 aliphatic rings. The molecule has 2 aromatic rings. The number of aromatic hydroxyl groups is 1. The smallest absolute Gasteiger partial charge is 0.254 e. The highest BCUT2D eigenvalue weighted by atomic mass is 16.3. The summed E-state index contributed by atoms with van der Waals surface area (Å²) in [5.41, 5.74) is 3.71. The zero-order valence-electron chi connectivity index (χ0n) is 12.1. The van der Waals surface area contributed by atoms with Crippen LogP contribution in [0.2, 0.25) is 0 Å². The molecule has 1 N–H and O–H groups in total. The van der Waals surface area contributed by atoms with Gasteiger partial charge in [0.1, 0.15) is 5.75 Å². The van der Waals surface area contributed by atoms with Gasteiger partial charge in [-0.3, -0.25) is 4.79 Å². The lowest BCUT2D eigenvalue weighted by atomic mass is 10.1. The molecule has 0 aromatic heterocycles. The number of carbonyl (C=O) groups is 1. The summed E-state index contributed by atoms with van der Waals surface area (Å²) in [5, 5.41) is 9.39. The first-order chi connectivity index (χ1) is 9.47. The lowest BCUT2D eigenvalue weighted by Gasteiger charge is -2.18. The van der Waals surface area contributed by atoms with Crippen LogP contribution in [0.1, 0.15) is 27.0 Å². The molecule has 104 valence electrons. The molecule has 1 amide bonds. The topological polar surface area (TPSA) is 40.5 Å². The van der Waals surface area contributed by atoms with Crippen molar-refractivity contribution >= 4 is 5.91 Å². The van der Waals surface area contributed by atoms with E-state index in [4.69, 9.17) is 0 Å². The molecular weight excluding hydrogens is 250 g/mol. The Bertz CT molecular complexity index is 617. The Morgan fingerprint density at radius 1 is 1.10 bits per heavy atom. The Kier molecular flexibility index (Phi) is 4.08. The summed E-state index contributed by atoms with van der Waals surface area (Å²) in [4.78, 5) is 14.1. The molecule has 0 bridgehead atoms. The van der Waals surface area contributed by atoms with Gasteiger partial charge in [-0.25, -0.2) is 0 Å². The molecule has 0 heterocycles. The van der Waals surface area contributed by atoms with Crippen molar-refractivity contribution in [2.75, 3.05) is 7.05 Å². The minimum absolute atomic E-state index is 0.0388. The maximum Gasteiger partial charge on any atom is 0.254 e. The third-order valence-corrected chi connectivity index (χ3v) is 3.33. The van der Waals surface area contributed by atoms with Crippen molar-refractivity contribution in [2.45, 2.75) is 20.4 Å². The predicted molar refractivity (Wildman–Crippen MR) is 79.8 cm³/mol. The molecule has 0 atom stereocenters. The Hall–Kier alpha value is -2.29. The van der Waals surface area contributed by atoms with E-state index in [9.17, 15) is 9.90 Å². The van der Waals surface area contributed by atoms with Crippen LogP contribution >= 0.6 is 0 Å². The zero-order valence-corrected chi connectivity index (χ0v) is 12.1. The Balaban J connectivity index is 2.14. The van der Waals surface area contributed by atoms with E-state index >= 15 is 0 Å². The van der Waals surface area contributed by atoms with Crippen molar-refractivity contribution in [3.05, 3.63) is 64.7 Å². The molecule has 0 aliphatic carbocycles. The molecule has 3 heteroatoms. The number of hydrogen-bond donors (Lipinski definition) is 1. The molecule has 0 unspecified atom stereocenters. The number of carbonyl (C=O) groups excluding carboxylic acids is 1. The highest BCUT2D eigenvalue weighted by molar-refractivity contribution is 5.95. The molecule has 0 aliphatic heterocycles. The van der Waals surface area contributed by atoms with Crippen molar-refractivity contribution < 1.29 is 9.90 Å². The van der Waals surface area contributed by atoms with E-state index in [1.807, 2.05) is 38.1 Å². The maximum absolute atomic E-state index is 12.4. The maximum atomic E-state index is 12.4. The molecule has 0 radical (unpaired) electrons. The summed E-state index contributed by atoms with van der Waals surface area (Å²) in [6.07, 6.45) is 0. The number of rotatable bonds is 3. The van der Waals surface area contributed by atoms with Gasteiger partial charge < -0.3 is 10.0 Å². The van der Waals surface area contributed by atoms with Gasteiger partial charge in [0.2, 0.25) is 0 Å². The minimum atomic E-state index is -0.0388. The first kappa shape index (κ1) is 14.1. The fourth-order valence-corrected chi connectivity index (χ4v) is 2.13. The molecule has 20 heavy (non-hydrogen) atoms. The predicted octanol–water partition coefficient (Wildman–Crippen LogP) is 3.28. The molecule has 0 fully saturated rings. The van der Waals surface area contributed by atoms with E-state index in [-0.39, 0.29) is 11.7 Å². The molecule has 2 aromatic carbocycles. The number of hydrogen-bond acceptors (Lipinski definition) is 2. The third kappa shape index (κ3) is 3.18. The van der Waals surface area contributed by atoms with Crippen LogP contribution in [-0.4, -0.2) is 23.0 Å². The number of benzene rings is 2. The van der Waals surface area contributed by atoms with E-state index in [0.717, 1.165) is 11.1 Å². The second-order valence-corrected chi connectivity index (χ2v) is 5.15. The molecule has 2 rings (SSSR count). The van der Waals surface area contributed by atoms with E-state index in [0.29, 0.717) is 12.1 Å². The standard InChI is InChI=1S/C17H19NO2/c1-12-4-6-14(7-5-12)11-18(3)17(20)16-9-8-15(19)10-13(16)2/h4-10,19H,11H2,1-3H3. The van der Waals surface area contributed by atoms with Crippen LogP contribution in [0.5, 0.6) is 5.75 Å². The van der Waals surface area contributed by atoms with Crippen molar-refractivity contribution in [1.82, 2.24) is 4.90 Å². The van der Waals surface area contributed by atoms with Crippen LogP contribution < -0.4 is 0 Å². The number of amides is 1. The van der Waals surface area contributed by atoms with Crippen molar-refractivity contribution in [3.8, 4) is 5.75 Å². The average molecular weight is 269 g/mol. The second kappa shape index (κ2) is 5.78. The summed E-state index contributed by atoms with van der Waals surface area (Å²) in [6, 6.07) is 13.0. The first-order valence-electron chi connectivity index (χ1n) is 6.58. The Morgan fingerprint density at radius 2 is 1.75 bits per heavy atom. The summed E-state index contributed by atoms with van der Waals surface area (Å²) in [7, 11) is 1.79. The van der Waals surface area contributed by atoms with E-state index in [2.05, 4.69) is 0 Å². The molecule has 3 nitrogen and oxygen atoms in total. The van der Waals surface area contributed by atoms with Gasteiger partial charge >= 0.3 is 0 Å². The molecule has 0 saturated heterocycles. The lowest BCUT2D eigenvalue weighted by Crippen LogP contribution is -2.26. The van der Waals surface area contributed by atoms with E-state index in [1.165, 1.54) is 5.56 Å². The summed E-state index contributed by atoms with van der Waals surface area (Å²) >= 11 is 0. The zero-order chi connectivity index (χ0) is 14.7. The summed E-state index contributed by atoms with van der Waals surface area (Å²) in [6.45, 7) is 4.44. The largest absolute Gasteiger partial charge is 0.508 e. The fourth-order valence-electron chi connectivity index (χ4n) is 2.13. The minimum Gasteiger partial charge on any atom is -0.508 e. The van der Waals surface area contributed by atoms with Gasteiger partial charge in [-0.1, -0.05) is 29.8 Å². The highest BCUT2D eigenvalue weighted by Crippen LogP contribution is 2.18. The normalized spacial score (nSPS) is 10.3. The van der Waals surface area contributed by atoms with Crippen LogP contribution in [0.4, 0.5) is 0 Å². The number of aryl methyl sites for hydroxylation is 2. The van der Waals surface area contributed by atoms with Crippen LogP contribution in [0, 0.1) is 13.8 Å².